The number of carbonyl (C=O) groups is 1. The summed E-state index contributed by atoms with van der Waals surface area (Å²) in [6.45, 7) is 4.21. The van der Waals surface area contributed by atoms with Gasteiger partial charge in [-0.25, -0.2) is 4.98 Å². The minimum Gasteiger partial charge on any atom is -0.336 e. The number of nitrogens with one attached hydrogen (secondary N) is 1. The number of amides is 1. The standard InChI is InChI=1S/C25H25N5OS/c31-24(21-10-8-19(9-11-21)17-32-25-26-18-27-28-25)30-14-12-29(13-15-30)16-22-6-3-5-20-4-1-2-7-23(20)22/h1-11,18H,12-17H2,(H,26,27,28). The van der Waals surface area contributed by atoms with Gasteiger partial charge in [-0.15, -0.1) is 0 Å². The van der Waals surface area contributed by atoms with E-state index in [0.717, 1.165) is 54.8 Å². The highest BCUT2D eigenvalue weighted by Gasteiger charge is 2.22. The lowest BCUT2D eigenvalue weighted by atomic mass is 10.0. The van der Waals surface area contributed by atoms with Crippen LogP contribution in [0.15, 0.2) is 78.2 Å². The van der Waals surface area contributed by atoms with Crippen LogP contribution in [0.25, 0.3) is 10.8 Å². The van der Waals surface area contributed by atoms with E-state index in [1.54, 1.807) is 11.8 Å². The largest absolute Gasteiger partial charge is 0.336 e. The third-order valence-corrected chi connectivity index (χ3v) is 6.85. The lowest BCUT2D eigenvalue weighted by Gasteiger charge is -2.35. The number of fused-ring (bicyclic) bond motifs is 1. The van der Waals surface area contributed by atoms with Gasteiger partial charge in [-0.3, -0.25) is 14.8 Å². The van der Waals surface area contributed by atoms with E-state index in [1.165, 1.54) is 22.7 Å². The first-order valence-corrected chi connectivity index (χ1v) is 11.8. The first-order chi connectivity index (χ1) is 15.8. The number of hydrogen-bond acceptors (Lipinski definition) is 5. The van der Waals surface area contributed by atoms with Crippen molar-refractivity contribution in [2.24, 2.45) is 0 Å². The van der Waals surface area contributed by atoms with Crippen LogP contribution in [0, 0.1) is 0 Å². The molecule has 1 saturated heterocycles. The summed E-state index contributed by atoms with van der Waals surface area (Å²) >= 11 is 1.59. The van der Waals surface area contributed by atoms with E-state index in [2.05, 4.69) is 62.5 Å². The molecule has 4 aromatic rings. The number of nitrogens with zero attached hydrogens (tertiary/aromatic N) is 4. The van der Waals surface area contributed by atoms with Gasteiger partial charge < -0.3 is 4.90 Å². The Labute approximate surface area is 191 Å². The van der Waals surface area contributed by atoms with Gasteiger partial charge in [0.05, 0.1) is 0 Å². The first-order valence-electron chi connectivity index (χ1n) is 10.8. The molecule has 2 heterocycles. The molecule has 1 aromatic heterocycles. The molecule has 0 radical (unpaired) electrons. The van der Waals surface area contributed by atoms with Crippen LogP contribution in [0.3, 0.4) is 0 Å². The second kappa shape index (κ2) is 9.54. The molecule has 1 fully saturated rings. The van der Waals surface area contributed by atoms with Gasteiger partial charge >= 0.3 is 0 Å². The van der Waals surface area contributed by atoms with Gasteiger partial charge in [0.2, 0.25) is 0 Å². The molecule has 1 aliphatic rings. The van der Waals surface area contributed by atoms with Crippen LogP contribution in [0.2, 0.25) is 0 Å². The number of piperazine rings is 1. The molecule has 5 rings (SSSR count). The molecule has 0 saturated carbocycles. The maximum atomic E-state index is 13.0. The molecule has 6 nitrogen and oxygen atoms in total. The van der Waals surface area contributed by atoms with Gasteiger partial charge in [-0.2, -0.15) is 5.10 Å². The summed E-state index contributed by atoms with van der Waals surface area (Å²) in [5.41, 5.74) is 3.26. The molecule has 0 unspecified atom stereocenters. The number of benzene rings is 3. The lowest BCUT2D eigenvalue weighted by Crippen LogP contribution is -2.48. The van der Waals surface area contributed by atoms with Crippen molar-refractivity contribution in [3.63, 3.8) is 0 Å². The smallest absolute Gasteiger partial charge is 0.253 e. The van der Waals surface area contributed by atoms with E-state index in [0.29, 0.717) is 0 Å². The second-order valence-corrected chi connectivity index (χ2v) is 8.95. The quantitative estimate of drug-likeness (QED) is 0.452. The van der Waals surface area contributed by atoms with Gasteiger partial charge in [-0.05, 0) is 34.0 Å². The Kier molecular flexibility index (Phi) is 6.18. The molecule has 1 amide bonds. The summed E-state index contributed by atoms with van der Waals surface area (Å²) in [5.74, 6) is 0.903. The Morgan fingerprint density at radius 1 is 0.938 bits per heavy atom. The van der Waals surface area contributed by atoms with Crippen LogP contribution in [0.1, 0.15) is 21.5 Å². The van der Waals surface area contributed by atoms with Gasteiger partial charge in [0.1, 0.15) is 6.33 Å². The van der Waals surface area contributed by atoms with Gasteiger partial charge in [0.15, 0.2) is 5.16 Å². The normalized spacial score (nSPS) is 14.7. The molecular weight excluding hydrogens is 418 g/mol. The molecule has 0 spiro atoms. The Bertz CT molecular complexity index is 1180. The molecule has 0 aliphatic carbocycles. The van der Waals surface area contributed by atoms with Crippen LogP contribution in [-0.2, 0) is 12.3 Å². The van der Waals surface area contributed by atoms with Gasteiger partial charge in [-0.1, -0.05) is 66.4 Å². The van der Waals surface area contributed by atoms with E-state index < -0.39 is 0 Å². The van der Waals surface area contributed by atoms with Crippen molar-refractivity contribution in [2.75, 3.05) is 26.2 Å². The Balaban J connectivity index is 1.15. The van der Waals surface area contributed by atoms with Crippen LogP contribution >= 0.6 is 11.8 Å². The lowest BCUT2D eigenvalue weighted by molar-refractivity contribution is 0.0629. The van der Waals surface area contributed by atoms with Crippen molar-refractivity contribution >= 4 is 28.4 Å². The zero-order valence-corrected chi connectivity index (χ0v) is 18.6. The number of rotatable bonds is 6. The van der Waals surface area contributed by atoms with Gasteiger partial charge in [0.25, 0.3) is 5.91 Å². The number of thioether (sulfide) groups is 1. The van der Waals surface area contributed by atoms with Crippen LogP contribution in [-0.4, -0.2) is 57.1 Å². The van der Waals surface area contributed by atoms with Crippen molar-refractivity contribution in [3.05, 3.63) is 89.7 Å². The van der Waals surface area contributed by atoms with Crippen molar-refractivity contribution in [2.45, 2.75) is 17.5 Å². The molecule has 162 valence electrons. The predicted molar refractivity (Wildman–Crippen MR) is 128 cm³/mol. The number of H-pyrrole nitrogens is 1. The van der Waals surface area contributed by atoms with E-state index in [4.69, 9.17) is 0 Å². The molecule has 32 heavy (non-hydrogen) atoms. The summed E-state index contributed by atoms with van der Waals surface area (Å²) in [7, 11) is 0. The maximum absolute atomic E-state index is 13.0. The van der Waals surface area contributed by atoms with Crippen molar-refractivity contribution < 1.29 is 4.79 Å². The average molecular weight is 444 g/mol. The number of hydrogen-bond donors (Lipinski definition) is 1. The molecular formula is C25H25N5OS. The van der Waals surface area contributed by atoms with E-state index >= 15 is 0 Å². The van der Waals surface area contributed by atoms with Crippen molar-refractivity contribution in [1.29, 1.82) is 0 Å². The first kappa shape index (κ1) is 20.7. The third kappa shape index (κ3) is 4.69. The fourth-order valence-corrected chi connectivity index (χ4v) is 4.86. The van der Waals surface area contributed by atoms with Crippen LogP contribution in [0.4, 0.5) is 0 Å². The molecule has 0 bridgehead atoms. The highest BCUT2D eigenvalue weighted by Crippen LogP contribution is 2.22. The molecule has 1 N–H and O–H groups in total. The van der Waals surface area contributed by atoms with Crippen LogP contribution in [0.5, 0.6) is 0 Å². The summed E-state index contributed by atoms with van der Waals surface area (Å²) < 4.78 is 0. The van der Waals surface area contributed by atoms with E-state index in [9.17, 15) is 4.79 Å². The van der Waals surface area contributed by atoms with Crippen LogP contribution < -0.4 is 0 Å². The predicted octanol–water partition coefficient (Wildman–Crippen LogP) is 4.21. The molecule has 7 heteroatoms. The second-order valence-electron chi connectivity index (χ2n) is 7.98. The summed E-state index contributed by atoms with van der Waals surface area (Å²) in [5, 5.41) is 10.1. The number of carbonyl (C=O) groups excluding carboxylic acids is 1. The zero-order chi connectivity index (χ0) is 21.8. The number of aromatic amines is 1. The maximum Gasteiger partial charge on any atom is 0.253 e. The fraction of sp³-hybridized carbons (Fsp3) is 0.240. The summed E-state index contributed by atoms with van der Waals surface area (Å²) in [4.78, 5) is 21.5. The Hall–Kier alpha value is -3.16. The SMILES string of the molecule is O=C(c1ccc(CSc2ncn[nH]2)cc1)N1CCN(Cc2cccc3ccccc23)CC1. The van der Waals surface area contributed by atoms with E-state index in [-0.39, 0.29) is 5.91 Å². The topological polar surface area (TPSA) is 65.1 Å². The molecule has 0 atom stereocenters. The third-order valence-electron chi connectivity index (χ3n) is 5.90. The highest BCUT2D eigenvalue weighted by atomic mass is 32.2. The van der Waals surface area contributed by atoms with Crippen molar-refractivity contribution in [1.82, 2.24) is 25.0 Å². The minimum atomic E-state index is 0.115. The molecule has 3 aromatic carbocycles. The summed E-state index contributed by atoms with van der Waals surface area (Å²) in [6, 6.07) is 22.9. The number of aromatic nitrogens is 3. The zero-order valence-electron chi connectivity index (χ0n) is 17.8. The Morgan fingerprint density at radius 3 is 2.50 bits per heavy atom. The average Bonchev–Trinajstić information content (AvgIpc) is 3.37. The molecule has 1 aliphatic heterocycles. The highest BCUT2D eigenvalue weighted by molar-refractivity contribution is 7.98. The van der Waals surface area contributed by atoms with E-state index in [1.807, 2.05) is 29.2 Å². The summed E-state index contributed by atoms with van der Waals surface area (Å²) in [6.07, 6.45) is 1.51. The fourth-order valence-electron chi connectivity index (χ4n) is 4.12. The van der Waals surface area contributed by atoms with Crippen molar-refractivity contribution in [3.8, 4) is 0 Å². The Morgan fingerprint density at radius 2 is 1.72 bits per heavy atom. The van der Waals surface area contributed by atoms with Gasteiger partial charge in [0, 0.05) is 44.0 Å². The minimum absolute atomic E-state index is 0.115. The monoisotopic (exact) mass is 443 g/mol.